The number of benzene rings is 1. The van der Waals surface area contributed by atoms with Crippen LogP contribution in [0.15, 0.2) is 18.2 Å². The average Bonchev–Trinajstić information content (AvgIpc) is 2.50. The van der Waals surface area contributed by atoms with Gasteiger partial charge in [0.15, 0.2) is 0 Å². The second-order valence-corrected chi connectivity index (χ2v) is 5.87. The molecule has 0 spiro atoms. The fourth-order valence-electron chi connectivity index (χ4n) is 2.23. The van der Waals surface area contributed by atoms with Crippen LogP contribution in [0.2, 0.25) is 10.0 Å². The summed E-state index contributed by atoms with van der Waals surface area (Å²) in [6.07, 6.45) is 3.29. The number of rotatable bonds is 6. The molecule has 0 aliphatic carbocycles. The van der Waals surface area contributed by atoms with Gasteiger partial charge in [0.05, 0.1) is 16.1 Å². The maximum Gasteiger partial charge on any atom is 0.251 e. The lowest BCUT2D eigenvalue weighted by Gasteiger charge is -2.22. The molecular weight excluding hydrogens is 311 g/mol. The molecule has 1 fully saturated rings. The Kier molecular flexibility index (Phi) is 6.77. The van der Waals surface area contributed by atoms with Gasteiger partial charge in [-0.25, -0.2) is 0 Å². The molecular formula is C15H20Cl2N2O2. The summed E-state index contributed by atoms with van der Waals surface area (Å²) in [4.78, 5) is 11.9. The van der Waals surface area contributed by atoms with Crippen LogP contribution in [-0.2, 0) is 4.74 Å². The molecule has 0 bridgehead atoms. The van der Waals surface area contributed by atoms with Crippen molar-refractivity contribution < 1.29 is 9.53 Å². The number of carbonyl (C=O) groups is 1. The predicted molar refractivity (Wildman–Crippen MR) is 85.3 cm³/mol. The third kappa shape index (κ3) is 5.47. The molecule has 0 atom stereocenters. The Bertz CT molecular complexity index is 477. The molecule has 4 nitrogen and oxygen atoms in total. The predicted octanol–water partition coefficient (Wildman–Crippen LogP) is 2.88. The zero-order chi connectivity index (χ0) is 15.1. The largest absolute Gasteiger partial charge is 0.378 e. The summed E-state index contributed by atoms with van der Waals surface area (Å²) in [5, 5.41) is 6.99. The van der Waals surface area contributed by atoms with Gasteiger partial charge in [0.25, 0.3) is 5.91 Å². The molecule has 1 aliphatic rings. The number of halogens is 2. The first-order valence-corrected chi connectivity index (χ1v) is 7.98. The van der Waals surface area contributed by atoms with Crippen LogP contribution < -0.4 is 10.6 Å². The summed E-state index contributed by atoms with van der Waals surface area (Å²) in [6.45, 7) is 3.31. The fraction of sp³-hybridized carbons (Fsp3) is 0.533. The third-order valence-corrected chi connectivity index (χ3v) is 4.17. The zero-order valence-corrected chi connectivity index (χ0v) is 13.3. The lowest BCUT2D eigenvalue weighted by atomic mass is 10.1. The van der Waals surface area contributed by atoms with Gasteiger partial charge in [0.2, 0.25) is 0 Å². The minimum absolute atomic E-state index is 0.143. The van der Waals surface area contributed by atoms with Crippen LogP contribution in [0.25, 0.3) is 0 Å². The molecule has 2 N–H and O–H groups in total. The first-order valence-electron chi connectivity index (χ1n) is 7.22. The monoisotopic (exact) mass is 330 g/mol. The standard InChI is InChI=1S/C15H20Cl2N2O2/c16-13-3-2-11(10-14(13)17)15(20)19-6-1-9-21-12-4-7-18-8-5-12/h2-3,10,12,18H,1,4-9H2,(H,19,20). The number of piperidine rings is 1. The number of carbonyl (C=O) groups excluding carboxylic acids is 1. The molecule has 1 aromatic carbocycles. The minimum atomic E-state index is -0.143. The molecule has 0 radical (unpaired) electrons. The van der Waals surface area contributed by atoms with Crippen molar-refractivity contribution in [3.63, 3.8) is 0 Å². The Morgan fingerprint density at radius 1 is 1.29 bits per heavy atom. The van der Waals surface area contributed by atoms with Crippen molar-refractivity contribution in [2.45, 2.75) is 25.4 Å². The van der Waals surface area contributed by atoms with Crippen molar-refractivity contribution in [2.75, 3.05) is 26.2 Å². The van der Waals surface area contributed by atoms with Crippen LogP contribution in [0.1, 0.15) is 29.6 Å². The molecule has 116 valence electrons. The Morgan fingerprint density at radius 2 is 2.05 bits per heavy atom. The van der Waals surface area contributed by atoms with Crippen molar-refractivity contribution in [1.82, 2.24) is 10.6 Å². The van der Waals surface area contributed by atoms with E-state index in [2.05, 4.69) is 10.6 Å². The number of amides is 1. The van der Waals surface area contributed by atoms with Gasteiger partial charge in [-0.2, -0.15) is 0 Å². The van der Waals surface area contributed by atoms with Gasteiger partial charge in [0, 0.05) is 18.7 Å². The van der Waals surface area contributed by atoms with E-state index in [1.165, 1.54) is 0 Å². The molecule has 0 unspecified atom stereocenters. The Balaban J connectivity index is 1.63. The summed E-state index contributed by atoms with van der Waals surface area (Å²) in [7, 11) is 0. The van der Waals surface area contributed by atoms with Gasteiger partial charge in [-0.05, 0) is 50.6 Å². The van der Waals surface area contributed by atoms with Crippen molar-refractivity contribution >= 4 is 29.1 Å². The summed E-state index contributed by atoms with van der Waals surface area (Å²) in [5.41, 5.74) is 0.517. The Labute approximate surface area is 135 Å². The van der Waals surface area contributed by atoms with E-state index < -0.39 is 0 Å². The summed E-state index contributed by atoms with van der Waals surface area (Å²) in [5.74, 6) is -0.143. The molecule has 0 saturated carbocycles. The maximum atomic E-state index is 11.9. The normalized spacial score (nSPS) is 15.9. The number of hydrogen-bond donors (Lipinski definition) is 2. The molecule has 2 rings (SSSR count). The van der Waals surface area contributed by atoms with E-state index in [1.54, 1.807) is 18.2 Å². The fourth-order valence-corrected chi connectivity index (χ4v) is 2.52. The average molecular weight is 331 g/mol. The second-order valence-electron chi connectivity index (χ2n) is 5.06. The van der Waals surface area contributed by atoms with E-state index in [0.29, 0.717) is 34.9 Å². The van der Waals surface area contributed by atoms with Gasteiger partial charge in [0.1, 0.15) is 0 Å². The van der Waals surface area contributed by atoms with Gasteiger partial charge >= 0.3 is 0 Å². The van der Waals surface area contributed by atoms with Crippen LogP contribution in [0.3, 0.4) is 0 Å². The maximum absolute atomic E-state index is 11.9. The van der Waals surface area contributed by atoms with E-state index in [9.17, 15) is 4.79 Å². The quantitative estimate of drug-likeness (QED) is 0.788. The van der Waals surface area contributed by atoms with Crippen molar-refractivity contribution in [1.29, 1.82) is 0 Å². The van der Waals surface area contributed by atoms with Crippen LogP contribution in [0.4, 0.5) is 0 Å². The summed E-state index contributed by atoms with van der Waals surface area (Å²) >= 11 is 11.7. The van der Waals surface area contributed by atoms with E-state index in [-0.39, 0.29) is 5.91 Å². The van der Waals surface area contributed by atoms with E-state index >= 15 is 0 Å². The number of ether oxygens (including phenoxy) is 1. The molecule has 1 saturated heterocycles. The molecule has 6 heteroatoms. The Morgan fingerprint density at radius 3 is 2.76 bits per heavy atom. The van der Waals surface area contributed by atoms with E-state index in [0.717, 1.165) is 32.4 Å². The lowest BCUT2D eigenvalue weighted by Crippen LogP contribution is -2.33. The zero-order valence-electron chi connectivity index (χ0n) is 11.8. The van der Waals surface area contributed by atoms with Crippen LogP contribution in [-0.4, -0.2) is 38.3 Å². The van der Waals surface area contributed by atoms with E-state index in [1.807, 2.05) is 0 Å². The highest BCUT2D eigenvalue weighted by Crippen LogP contribution is 2.22. The van der Waals surface area contributed by atoms with Gasteiger partial charge in [-0.3, -0.25) is 4.79 Å². The van der Waals surface area contributed by atoms with Crippen LogP contribution in [0.5, 0.6) is 0 Å². The minimum Gasteiger partial charge on any atom is -0.378 e. The second kappa shape index (κ2) is 8.59. The number of nitrogens with one attached hydrogen (secondary N) is 2. The van der Waals surface area contributed by atoms with Crippen molar-refractivity contribution in [3.8, 4) is 0 Å². The molecule has 21 heavy (non-hydrogen) atoms. The van der Waals surface area contributed by atoms with Gasteiger partial charge < -0.3 is 15.4 Å². The van der Waals surface area contributed by atoms with Gasteiger partial charge in [-0.15, -0.1) is 0 Å². The molecule has 0 aromatic heterocycles. The van der Waals surface area contributed by atoms with Crippen molar-refractivity contribution in [3.05, 3.63) is 33.8 Å². The highest BCUT2D eigenvalue weighted by atomic mass is 35.5. The lowest BCUT2D eigenvalue weighted by molar-refractivity contribution is 0.0318. The first kappa shape index (κ1) is 16.6. The SMILES string of the molecule is O=C(NCCCOC1CCNCC1)c1ccc(Cl)c(Cl)c1. The summed E-state index contributed by atoms with van der Waals surface area (Å²) < 4.78 is 5.78. The van der Waals surface area contributed by atoms with Crippen molar-refractivity contribution in [2.24, 2.45) is 0 Å². The van der Waals surface area contributed by atoms with Crippen LogP contribution >= 0.6 is 23.2 Å². The highest BCUT2D eigenvalue weighted by Gasteiger charge is 2.12. The molecule has 1 aliphatic heterocycles. The molecule has 1 heterocycles. The van der Waals surface area contributed by atoms with E-state index in [4.69, 9.17) is 27.9 Å². The van der Waals surface area contributed by atoms with Gasteiger partial charge in [-0.1, -0.05) is 23.2 Å². The topological polar surface area (TPSA) is 50.4 Å². The third-order valence-electron chi connectivity index (χ3n) is 3.43. The summed E-state index contributed by atoms with van der Waals surface area (Å²) in [6, 6.07) is 4.86. The highest BCUT2D eigenvalue weighted by molar-refractivity contribution is 6.42. The number of hydrogen-bond acceptors (Lipinski definition) is 3. The molecule has 1 amide bonds. The smallest absolute Gasteiger partial charge is 0.251 e. The Hall–Kier alpha value is -0.810. The molecule has 1 aromatic rings. The first-order chi connectivity index (χ1) is 10.2. The van der Waals surface area contributed by atoms with Crippen LogP contribution in [0, 0.1) is 0 Å².